The summed E-state index contributed by atoms with van der Waals surface area (Å²) in [5, 5.41) is 17.0. The molecule has 17 heavy (non-hydrogen) atoms. The summed E-state index contributed by atoms with van der Waals surface area (Å²) in [4.78, 5) is 10.5. The highest BCUT2D eigenvalue weighted by atomic mass is 19.1. The first-order chi connectivity index (χ1) is 8.13. The highest BCUT2D eigenvalue weighted by Gasteiger charge is 2.01. The van der Waals surface area contributed by atoms with Gasteiger partial charge >= 0.3 is 5.97 Å². The summed E-state index contributed by atoms with van der Waals surface area (Å²) < 4.78 is 12.6. The third-order valence-electron chi connectivity index (χ3n) is 2.02. The summed E-state index contributed by atoms with van der Waals surface area (Å²) in [7, 11) is 0. The highest BCUT2D eigenvalue weighted by Crippen LogP contribution is 2.04. The Morgan fingerprint density at radius 1 is 1.35 bits per heavy atom. The molecule has 5 heteroatoms. The van der Waals surface area contributed by atoms with Crippen LogP contribution < -0.4 is 5.48 Å². The van der Waals surface area contributed by atoms with Crippen molar-refractivity contribution in [3.8, 4) is 0 Å². The zero-order chi connectivity index (χ0) is 12.7. The lowest BCUT2D eigenvalue weighted by Gasteiger charge is -1.96. The molecule has 0 aromatic heterocycles. The minimum Gasteiger partial charge on any atom is -0.477 e. The molecule has 4 nitrogen and oxygen atoms in total. The predicted molar refractivity (Wildman–Crippen MR) is 59.9 cm³/mol. The van der Waals surface area contributed by atoms with Crippen molar-refractivity contribution in [3.05, 3.63) is 59.6 Å². The maximum Gasteiger partial charge on any atom is 0.354 e. The molecule has 0 heterocycles. The van der Waals surface area contributed by atoms with Gasteiger partial charge in [-0.1, -0.05) is 24.3 Å². The van der Waals surface area contributed by atoms with Crippen molar-refractivity contribution in [3.63, 3.8) is 0 Å². The molecular formula is C12H12FNO3. The van der Waals surface area contributed by atoms with Crippen LogP contribution in [-0.4, -0.2) is 16.3 Å². The summed E-state index contributed by atoms with van der Waals surface area (Å²) in [6.07, 6.45) is 4.98. The molecule has 0 fully saturated rings. The van der Waals surface area contributed by atoms with E-state index in [1.54, 1.807) is 23.7 Å². The summed E-state index contributed by atoms with van der Waals surface area (Å²) in [5.74, 6) is -1.55. The van der Waals surface area contributed by atoms with E-state index in [0.29, 0.717) is 6.42 Å². The number of hydroxylamine groups is 1. The molecule has 3 N–H and O–H groups in total. The summed E-state index contributed by atoms with van der Waals surface area (Å²) in [5.41, 5.74) is 2.16. The van der Waals surface area contributed by atoms with Gasteiger partial charge in [0, 0.05) is 0 Å². The van der Waals surface area contributed by atoms with Gasteiger partial charge in [0.15, 0.2) is 0 Å². The SMILES string of the molecule is O=C(O)/C(=C/C=C\Cc1ccc(F)cc1)NO. The second-order valence-corrected chi connectivity index (χ2v) is 3.26. The van der Waals surface area contributed by atoms with Crippen molar-refractivity contribution < 1.29 is 19.5 Å². The van der Waals surface area contributed by atoms with Crippen LogP contribution in [0.1, 0.15) is 5.56 Å². The Kier molecular flexibility index (Phi) is 4.90. The van der Waals surface area contributed by atoms with Crippen molar-refractivity contribution in [1.82, 2.24) is 5.48 Å². The number of rotatable bonds is 5. The quantitative estimate of drug-likeness (QED) is 0.415. The molecule has 0 aliphatic carbocycles. The Morgan fingerprint density at radius 2 is 2.00 bits per heavy atom. The van der Waals surface area contributed by atoms with Crippen LogP contribution >= 0.6 is 0 Å². The Hall–Kier alpha value is -2.14. The van der Waals surface area contributed by atoms with Gasteiger partial charge in [0.1, 0.15) is 11.5 Å². The fourth-order valence-corrected chi connectivity index (χ4v) is 1.15. The molecule has 0 spiro atoms. The molecule has 0 radical (unpaired) electrons. The summed E-state index contributed by atoms with van der Waals surface area (Å²) in [6, 6.07) is 6.01. The van der Waals surface area contributed by atoms with E-state index < -0.39 is 5.97 Å². The molecule has 1 aromatic carbocycles. The lowest BCUT2D eigenvalue weighted by molar-refractivity contribution is -0.134. The van der Waals surface area contributed by atoms with E-state index in [4.69, 9.17) is 10.3 Å². The Balaban J connectivity index is 2.56. The highest BCUT2D eigenvalue weighted by molar-refractivity contribution is 5.85. The third-order valence-corrected chi connectivity index (χ3v) is 2.02. The van der Waals surface area contributed by atoms with Crippen molar-refractivity contribution in [2.75, 3.05) is 0 Å². The smallest absolute Gasteiger partial charge is 0.354 e. The van der Waals surface area contributed by atoms with Crippen LogP contribution in [0.4, 0.5) is 4.39 Å². The van der Waals surface area contributed by atoms with E-state index >= 15 is 0 Å². The van der Waals surface area contributed by atoms with Gasteiger partial charge in [0.05, 0.1) is 0 Å². The van der Waals surface area contributed by atoms with Crippen molar-refractivity contribution in [1.29, 1.82) is 0 Å². The van der Waals surface area contributed by atoms with E-state index in [-0.39, 0.29) is 11.5 Å². The van der Waals surface area contributed by atoms with Crippen LogP contribution in [0.3, 0.4) is 0 Å². The van der Waals surface area contributed by atoms with Crippen LogP contribution in [0.25, 0.3) is 0 Å². The van der Waals surface area contributed by atoms with Gasteiger partial charge in [-0.2, -0.15) is 0 Å². The lowest BCUT2D eigenvalue weighted by Crippen LogP contribution is -2.15. The number of aliphatic carboxylic acids is 1. The first-order valence-electron chi connectivity index (χ1n) is 4.88. The average molecular weight is 237 g/mol. The largest absolute Gasteiger partial charge is 0.477 e. The first-order valence-corrected chi connectivity index (χ1v) is 4.88. The molecule has 1 rings (SSSR count). The first kappa shape index (κ1) is 12.9. The van der Waals surface area contributed by atoms with Crippen molar-refractivity contribution in [2.45, 2.75) is 6.42 Å². The zero-order valence-corrected chi connectivity index (χ0v) is 8.93. The molecule has 1 aromatic rings. The Morgan fingerprint density at radius 3 is 2.53 bits per heavy atom. The van der Waals surface area contributed by atoms with Crippen LogP contribution in [-0.2, 0) is 11.2 Å². The predicted octanol–water partition coefficient (Wildman–Crippen LogP) is 1.87. The minimum absolute atomic E-state index is 0.296. The minimum atomic E-state index is -1.25. The van der Waals surface area contributed by atoms with Gasteiger partial charge in [-0.05, 0) is 30.2 Å². The topological polar surface area (TPSA) is 69.6 Å². The number of benzene rings is 1. The van der Waals surface area contributed by atoms with E-state index in [1.807, 2.05) is 0 Å². The number of carbonyl (C=O) groups is 1. The number of hydrogen-bond donors (Lipinski definition) is 3. The Bertz CT molecular complexity index is 438. The normalized spacial score (nSPS) is 11.8. The maximum absolute atomic E-state index is 12.6. The summed E-state index contributed by atoms with van der Waals surface area (Å²) >= 11 is 0. The molecule has 0 bridgehead atoms. The fourth-order valence-electron chi connectivity index (χ4n) is 1.15. The molecule has 0 saturated heterocycles. The second-order valence-electron chi connectivity index (χ2n) is 3.26. The molecule has 0 saturated carbocycles. The van der Waals surface area contributed by atoms with Crippen LogP contribution in [0.2, 0.25) is 0 Å². The molecule has 0 aliphatic heterocycles. The number of hydrogen-bond acceptors (Lipinski definition) is 3. The van der Waals surface area contributed by atoms with Crippen LogP contribution in [0.5, 0.6) is 0 Å². The van der Waals surface area contributed by atoms with Gasteiger partial charge in [-0.25, -0.2) is 9.18 Å². The fraction of sp³-hybridized carbons (Fsp3) is 0.0833. The van der Waals surface area contributed by atoms with Gasteiger partial charge in [-0.15, -0.1) is 0 Å². The van der Waals surface area contributed by atoms with Gasteiger partial charge in [-0.3, -0.25) is 10.7 Å². The second kappa shape index (κ2) is 6.44. The van der Waals surface area contributed by atoms with E-state index in [9.17, 15) is 9.18 Å². The maximum atomic E-state index is 12.6. The van der Waals surface area contributed by atoms with Crippen molar-refractivity contribution >= 4 is 5.97 Å². The van der Waals surface area contributed by atoms with Gasteiger partial charge in [0.25, 0.3) is 0 Å². The zero-order valence-electron chi connectivity index (χ0n) is 8.93. The van der Waals surface area contributed by atoms with Gasteiger partial charge < -0.3 is 5.11 Å². The monoisotopic (exact) mass is 237 g/mol. The Labute approximate surface area is 97.7 Å². The van der Waals surface area contributed by atoms with Crippen molar-refractivity contribution in [2.24, 2.45) is 0 Å². The van der Waals surface area contributed by atoms with Crippen LogP contribution in [0, 0.1) is 5.82 Å². The van der Waals surface area contributed by atoms with E-state index in [0.717, 1.165) is 5.56 Å². The summed E-state index contributed by atoms with van der Waals surface area (Å²) in [6.45, 7) is 0. The molecule has 0 atom stereocenters. The van der Waals surface area contributed by atoms with Crippen LogP contribution in [0.15, 0.2) is 48.2 Å². The standard InChI is InChI=1S/C12H12FNO3/c13-10-7-5-9(6-8-10)3-1-2-4-11(14-17)12(15)16/h1-2,4-8,14,17H,3H2,(H,15,16)/b2-1-,11-4-. The number of allylic oxidation sites excluding steroid dienone is 3. The average Bonchev–Trinajstić information content (AvgIpc) is 2.31. The van der Waals surface area contributed by atoms with Gasteiger partial charge in [0.2, 0.25) is 0 Å². The molecule has 90 valence electrons. The molecular weight excluding hydrogens is 225 g/mol. The molecule has 0 unspecified atom stereocenters. The number of halogens is 1. The van der Waals surface area contributed by atoms with E-state index in [1.165, 1.54) is 24.3 Å². The molecule has 0 amide bonds. The van der Waals surface area contributed by atoms with E-state index in [2.05, 4.69) is 0 Å². The molecule has 0 aliphatic rings. The number of carboxylic acid groups (broad SMARTS) is 1. The number of carboxylic acids is 1. The lowest BCUT2D eigenvalue weighted by atomic mass is 10.1. The number of nitrogens with one attached hydrogen (secondary N) is 1. The third kappa shape index (κ3) is 4.48.